The van der Waals surface area contributed by atoms with Crippen LogP contribution in [0.15, 0.2) is 66.8 Å². The van der Waals surface area contributed by atoms with Crippen LogP contribution in [-0.2, 0) is 22.6 Å². The van der Waals surface area contributed by atoms with Gasteiger partial charge in [0.2, 0.25) is 0 Å². The van der Waals surface area contributed by atoms with Gasteiger partial charge in [-0.25, -0.2) is 4.98 Å². The van der Waals surface area contributed by atoms with Crippen molar-refractivity contribution in [3.05, 3.63) is 83.4 Å². The second-order valence-corrected chi connectivity index (χ2v) is 8.87. The van der Waals surface area contributed by atoms with Crippen LogP contribution in [0.5, 0.6) is 11.5 Å². The molecular weight excluding hydrogens is 446 g/mol. The lowest BCUT2D eigenvalue weighted by Crippen LogP contribution is -2.31. The zero-order chi connectivity index (χ0) is 24.5. The molecule has 0 radical (unpaired) electrons. The lowest BCUT2D eigenvalue weighted by molar-refractivity contribution is -0.139. The number of aliphatic hydroxyl groups excluding tert-OH is 1. The third-order valence-corrected chi connectivity index (χ3v) is 6.52. The second kappa shape index (κ2) is 9.29. The maximum absolute atomic E-state index is 13.2. The number of likely N-dealkylation sites (tertiary alicyclic amines) is 1. The Labute approximate surface area is 203 Å². The number of methoxy groups -OCH3 is 1. The van der Waals surface area contributed by atoms with Crippen molar-refractivity contribution >= 4 is 17.4 Å². The van der Waals surface area contributed by atoms with Gasteiger partial charge in [0.15, 0.2) is 0 Å². The quantitative estimate of drug-likeness (QED) is 0.319. The Hall–Kier alpha value is -4.07. The highest BCUT2D eigenvalue weighted by Crippen LogP contribution is 2.41. The molecule has 5 rings (SSSR count). The molecule has 2 aromatic carbocycles. The number of ketones is 1. The highest BCUT2D eigenvalue weighted by molar-refractivity contribution is 6.46. The van der Waals surface area contributed by atoms with Crippen molar-refractivity contribution in [3.63, 3.8) is 0 Å². The maximum Gasteiger partial charge on any atom is 0.295 e. The van der Waals surface area contributed by atoms with Crippen LogP contribution in [0, 0.1) is 0 Å². The van der Waals surface area contributed by atoms with Gasteiger partial charge in [-0.15, -0.1) is 0 Å². The summed E-state index contributed by atoms with van der Waals surface area (Å²) in [5, 5.41) is 11.3. The van der Waals surface area contributed by atoms with Crippen molar-refractivity contribution in [2.75, 3.05) is 13.7 Å². The number of imidazole rings is 1. The summed E-state index contributed by atoms with van der Waals surface area (Å²) in [6.07, 6.45) is 6.68. The Bertz CT molecular complexity index is 1280. The van der Waals surface area contributed by atoms with E-state index >= 15 is 0 Å². The molecule has 1 N–H and O–H groups in total. The van der Waals surface area contributed by atoms with Crippen LogP contribution in [0.3, 0.4) is 0 Å². The van der Waals surface area contributed by atoms with Crippen molar-refractivity contribution in [1.82, 2.24) is 14.5 Å². The zero-order valence-electron chi connectivity index (χ0n) is 19.7. The Balaban J connectivity index is 1.53. The number of aryl methyl sites for hydroxylation is 1. The summed E-state index contributed by atoms with van der Waals surface area (Å²) in [7, 11) is 1.58. The first-order chi connectivity index (χ1) is 17.0. The van der Waals surface area contributed by atoms with Crippen molar-refractivity contribution in [2.24, 2.45) is 0 Å². The van der Waals surface area contributed by atoms with Gasteiger partial charge in [0.05, 0.1) is 25.1 Å². The third kappa shape index (κ3) is 4.27. The summed E-state index contributed by atoms with van der Waals surface area (Å²) in [5.74, 6) is -0.0323. The average molecular weight is 474 g/mol. The minimum absolute atomic E-state index is 0.0581. The van der Waals surface area contributed by atoms with E-state index in [1.54, 1.807) is 48.8 Å². The smallest absolute Gasteiger partial charge is 0.295 e. The van der Waals surface area contributed by atoms with Gasteiger partial charge in [0.1, 0.15) is 23.4 Å². The second-order valence-electron chi connectivity index (χ2n) is 8.87. The molecule has 2 aliphatic rings. The van der Waals surface area contributed by atoms with Crippen molar-refractivity contribution in [2.45, 2.75) is 38.5 Å². The van der Waals surface area contributed by atoms with E-state index in [2.05, 4.69) is 4.98 Å². The van der Waals surface area contributed by atoms with E-state index in [-0.39, 0.29) is 17.4 Å². The molecule has 35 heavy (non-hydrogen) atoms. The molecule has 1 fully saturated rings. The molecule has 1 saturated heterocycles. The molecule has 3 aromatic rings. The largest absolute Gasteiger partial charge is 0.507 e. The van der Waals surface area contributed by atoms with Crippen LogP contribution in [0.1, 0.15) is 36.1 Å². The summed E-state index contributed by atoms with van der Waals surface area (Å²) < 4.78 is 13.0. The molecule has 2 aliphatic heterocycles. The number of aromatic nitrogens is 2. The Morgan fingerprint density at radius 1 is 1.17 bits per heavy atom. The Kier molecular flexibility index (Phi) is 6.03. The van der Waals surface area contributed by atoms with Gasteiger partial charge < -0.3 is 24.0 Å². The first kappa shape index (κ1) is 22.7. The van der Waals surface area contributed by atoms with E-state index in [1.165, 1.54) is 0 Å². The molecule has 1 aromatic heterocycles. The van der Waals surface area contributed by atoms with E-state index in [9.17, 15) is 14.7 Å². The zero-order valence-corrected chi connectivity index (χ0v) is 19.7. The number of hydrogen-bond acceptors (Lipinski definition) is 6. The number of nitrogens with zero attached hydrogens (tertiary/aromatic N) is 3. The van der Waals surface area contributed by atoms with E-state index in [1.807, 2.05) is 35.9 Å². The molecule has 0 aliphatic carbocycles. The van der Waals surface area contributed by atoms with Gasteiger partial charge in [-0.3, -0.25) is 9.59 Å². The van der Waals surface area contributed by atoms with Crippen LogP contribution < -0.4 is 9.47 Å². The molecule has 0 spiro atoms. The fraction of sp³-hybridized carbons (Fsp3) is 0.296. The van der Waals surface area contributed by atoms with Crippen LogP contribution in [0.2, 0.25) is 0 Å². The fourth-order valence-corrected chi connectivity index (χ4v) is 4.81. The molecule has 0 unspecified atom stereocenters. The van der Waals surface area contributed by atoms with Gasteiger partial charge in [0, 0.05) is 37.5 Å². The minimum Gasteiger partial charge on any atom is -0.507 e. The van der Waals surface area contributed by atoms with Crippen LogP contribution >= 0.6 is 0 Å². The predicted octanol–water partition coefficient (Wildman–Crippen LogP) is 3.73. The molecule has 0 bridgehead atoms. The molecule has 0 saturated carbocycles. The van der Waals surface area contributed by atoms with Gasteiger partial charge in [0.25, 0.3) is 11.7 Å². The monoisotopic (exact) mass is 473 g/mol. The number of rotatable bonds is 7. The van der Waals surface area contributed by atoms with E-state index in [4.69, 9.17) is 9.47 Å². The van der Waals surface area contributed by atoms with Crippen LogP contribution in [-0.4, -0.2) is 51.0 Å². The first-order valence-electron chi connectivity index (χ1n) is 11.6. The van der Waals surface area contributed by atoms with Crippen molar-refractivity contribution in [1.29, 1.82) is 0 Å². The number of amides is 1. The highest BCUT2D eigenvalue weighted by Gasteiger charge is 2.45. The summed E-state index contributed by atoms with van der Waals surface area (Å²) in [5.41, 5.74) is 2.29. The molecule has 180 valence electrons. The fourth-order valence-electron chi connectivity index (χ4n) is 4.81. The summed E-state index contributed by atoms with van der Waals surface area (Å²) in [6.45, 7) is 2.99. The lowest BCUT2D eigenvalue weighted by atomic mass is 9.94. The number of carbonyl (C=O) groups is 2. The lowest BCUT2D eigenvalue weighted by Gasteiger charge is -2.25. The van der Waals surface area contributed by atoms with Crippen LogP contribution in [0.25, 0.3) is 5.76 Å². The molecule has 8 heteroatoms. The van der Waals surface area contributed by atoms with Gasteiger partial charge in [-0.05, 0) is 54.8 Å². The standard InChI is InChI=1S/C27H27N3O5/c1-17-14-20-15-19(6-9-22(20)35-17)25(31)23-24(18-4-7-21(34-2)8-5-18)30(27(33)26(23)32)12-3-11-29-13-10-28-16-29/h4-10,13,15-17,24,31H,3,11-12,14H2,1-2H3/b25-23+/t17-,24-/m1/s1. The SMILES string of the molecule is COc1ccc([C@@H]2/C(=C(\O)c3ccc4c(c3)C[C@@H](C)O4)C(=O)C(=O)N2CCCn2ccnc2)cc1. The normalized spacial score (nSPS) is 20.7. The molecule has 2 atom stereocenters. The topological polar surface area (TPSA) is 93.9 Å². The highest BCUT2D eigenvalue weighted by atomic mass is 16.5. The third-order valence-electron chi connectivity index (χ3n) is 6.52. The Morgan fingerprint density at radius 3 is 2.69 bits per heavy atom. The van der Waals surface area contributed by atoms with Gasteiger partial charge in [-0.2, -0.15) is 0 Å². The first-order valence-corrected chi connectivity index (χ1v) is 11.6. The number of carbonyl (C=O) groups excluding carboxylic acids is 2. The predicted molar refractivity (Wildman–Crippen MR) is 129 cm³/mol. The number of ether oxygens (including phenoxy) is 2. The molecule has 1 amide bonds. The number of benzene rings is 2. The van der Waals surface area contributed by atoms with Crippen molar-refractivity contribution in [3.8, 4) is 11.5 Å². The van der Waals surface area contributed by atoms with E-state index < -0.39 is 17.7 Å². The average Bonchev–Trinajstić information content (AvgIpc) is 3.57. The van der Waals surface area contributed by atoms with Gasteiger partial charge >= 0.3 is 0 Å². The summed E-state index contributed by atoms with van der Waals surface area (Å²) in [6, 6.07) is 11.9. The molecule has 8 nitrogen and oxygen atoms in total. The number of fused-ring (bicyclic) bond motifs is 1. The van der Waals surface area contributed by atoms with E-state index in [0.717, 1.165) is 23.3 Å². The summed E-state index contributed by atoms with van der Waals surface area (Å²) in [4.78, 5) is 32.0. The molecule has 3 heterocycles. The Morgan fingerprint density at radius 2 is 1.97 bits per heavy atom. The number of Topliss-reactive ketones (excluding diaryl/α,β-unsaturated/α-hetero) is 1. The maximum atomic E-state index is 13.2. The van der Waals surface area contributed by atoms with Crippen LogP contribution in [0.4, 0.5) is 0 Å². The number of hydrogen-bond donors (Lipinski definition) is 1. The van der Waals surface area contributed by atoms with Crippen molar-refractivity contribution < 1.29 is 24.2 Å². The summed E-state index contributed by atoms with van der Waals surface area (Å²) >= 11 is 0. The van der Waals surface area contributed by atoms with Gasteiger partial charge in [-0.1, -0.05) is 12.1 Å². The molecular formula is C27H27N3O5. The van der Waals surface area contributed by atoms with E-state index in [0.29, 0.717) is 30.8 Å². The minimum atomic E-state index is -0.702. The number of aliphatic hydroxyl groups is 1.